The van der Waals surface area contributed by atoms with E-state index in [2.05, 4.69) is 0 Å². The third kappa shape index (κ3) is 1.80. The highest BCUT2D eigenvalue weighted by atomic mass is 19.1. The van der Waals surface area contributed by atoms with Gasteiger partial charge >= 0.3 is 0 Å². The summed E-state index contributed by atoms with van der Waals surface area (Å²) >= 11 is 0. The normalized spacial score (nSPS) is 16.8. The van der Waals surface area contributed by atoms with Crippen molar-refractivity contribution in [1.29, 1.82) is 0 Å². The summed E-state index contributed by atoms with van der Waals surface area (Å²) in [6, 6.07) is 3.56. The first kappa shape index (κ1) is 9.66. The Morgan fingerprint density at radius 2 is 2.00 bits per heavy atom. The molecule has 0 saturated carbocycles. The molecule has 0 amide bonds. The van der Waals surface area contributed by atoms with Crippen LogP contribution in [0, 0.1) is 5.82 Å². The van der Waals surface area contributed by atoms with Gasteiger partial charge in [-0.3, -0.25) is 0 Å². The van der Waals surface area contributed by atoms with Crippen LogP contribution in [0.5, 0.6) is 0 Å². The molecule has 0 aliphatic heterocycles. The Kier molecular flexibility index (Phi) is 2.55. The van der Waals surface area contributed by atoms with E-state index in [1.54, 1.807) is 13.0 Å². The lowest BCUT2D eigenvalue weighted by Gasteiger charge is -2.08. The molecule has 1 unspecified atom stereocenters. The Morgan fingerprint density at radius 1 is 1.36 bits per heavy atom. The van der Waals surface area contributed by atoms with Gasteiger partial charge in [-0.2, -0.15) is 0 Å². The van der Waals surface area contributed by atoms with E-state index in [1.807, 2.05) is 6.07 Å². The smallest absolute Gasteiger partial charge is 0.126 e. The Morgan fingerprint density at radius 3 is 2.64 bits per heavy atom. The fourth-order valence-corrected chi connectivity index (χ4v) is 2.12. The van der Waals surface area contributed by atoms with Gasteiger partial charge in [-0.05, 0) is 48.9 Å². The molecule has 14 heavy (non-hydrogen) atoms. The van der Waals surface area contributed by atoms with Crippen molar-refractivity contribution in [2.45, 2.75) is 38.7 Å². The van der Waals surface area contributed by atoms with Crippen LogP contribution in [-0.2, 0) is 19.3 Å². The minimum Gasteiger partial charge on any atom is -0.393 e. The molecule has 1 nitrogen and oxygen atoms in total. The lowest BCUT2D eigenvalue weighted by molar-refractivity contribution is 0.194. The predicted octanol–water partition coefficient (Wildman–Crippen LogP) is 2.24. The number of hydrogen-bond donors (Lipinski definition) is 1. The monoisotopic (exact) mass is 194 g/mol. The first-order valence-corrected chi connectivity index (χ1v) is 5.15. The van der Waals surface area contributed by atoms with E-state index in [0.717, 1.165) is 24.8 Å². The van der Waals surface area contributed by atoms with Gasteiger partial charge in [0.15, 0.2) is 0 Å². The van der Waals surface area contributed by atoms with Crippen molar-refractivity contribution in [2.75, 3.05) is 0 Å². The Bertz CT molecular complexity index is 344. The molecule has 76 valence electrons. The largest absolute Gasteiger partial charge is 0.393 e. The summed E-state index contributed by atoms with van der Waals surface area (Å²) in [5.41, 5.74) is 3.07. The maximum Gasteiger partial charge on any atom is 0.126 e. The van der Waals surface area contributed by atoms with E-state index >= 15 is 0 Å². The summed E-state index contributed by atoms with van der Waals surface area (Å²) in [6.45, 7) is 1.69. The van der Waals surface area contributed by atoms with Crippen LogP contribution in [0.25, 0.3) is 0 Å². The first-order chi connectivity index (χ1) is 6.66. The zero-order chi connectivity index (χ0) is 10.1. The highest BCUT2D eigenvalue weighted by molar-refractivity contribution is 5.36. The van der Waals surface area contributed by atoms with E-state index in [9.17, 15) is 9.50 Å². The standard InChI is InChI=1S/C12H15FO/c1-8(14)5-11-6-9-3-2-4-10(9)7-12(11)13/h6-8,14H,2-5H2,1H3. The second-order valence-corrected chi connectivity index (χ2v) is 4.12. The SMILES string of the molecule is CC(O)Cc1cc2c(cc1F)CCC2. The zero-order valence-electron chi connectivity index (χ0n) is 8.39. The molecule has 2 heteroatoms. The Balaban J connectivity index is 2.32. The molecule has 1 aliphatic rings. The van der Waals surface area contributed by atoms with Gasteiger partial charge in [-0.25, -0.2) is 4.39 Å². The van der Waals surface area contributed by atoms with Gasteiger partial charge in [-0.15, -0.1) is 0 Å². The van der Waals surface area contributed by atoms with Crippen LogP contribution in [0.3, 0.4) is 0 Å². The molecule has 0 aromatic heterocycles. The highest BCUT2D eigenvalue weighted by Gasteiger charge is 2.15. The molecule has 0 heterocycles. The minimum absolute atomic E-state index is 0.161. The lowest BCUT2D eigenvalue weighted by Crippen LogP contribution is -2.06. The number of benzene rings is 1. The molecule has 0 bridgehead atoms. The predicted molar refractivity (Wildman–Crippen MR) is 53.8 cm³/mol. The summed E-state index contributed by atoms with van der Waals surface area (Å²) in [4.78, 5) is 0. The maximum atomic E-state index is 13.5. The van der Waals surface area contributed by atoms with Crippen molar-refractivity contribution in [3.63, 3.8) is 0 Å². The van der Waals surface area contributed by atoms with E-state index in [4.69, 9.17) is 0 Å². The average Bonchev–Trinajstić information content (AvgIpc) is 2.51. The van der Waals surface area contributed by atoms with Crippen LogP contribution in [0.4, 0.5) is 4.39 Å². The van der Waals surface area contributed by atoms with Crippen molar-refractivity contribution < 1.29 is 9.50 Å². The molecule has 1 aliphatic carbocycles. The molecular weight excluding hydrogens is 179 g/mol. The fraction of sp³-hybridized carbons (Fsp3) is 0.500. The average molecular weight is 194 g/mol. The number of hydrogen-bond acceptors (Lipinski definition) is 1. The Hall–Kier alpha value is -0.890. The number of halogens is 1. The minimum atomic E-state index is -0.469. The summed E-state index contributed by atoms with van der Waals surface area (Å²) in [5, 5.41) is 9.21. The van der Waals surface area contributed by atoms with E-state index in [-0.39, 0.29) is 5.82 Å². The van der Waals surface area contributed by atoms with Crippen molar-refractivity contribution in [3.05, 3.63) is 34.6 Å². The van der Waals surface area contributed by atoms with Crippen molar-refractivity contribution in [3.8, 4) is 0 Å². The van der Waals surface area contributed by atoms with Gasteiger partial charge in [0, 0.05) is 6.42 Å². The van der Waals surface area contributed by atoms with Crippen LogP contribution in [0.15, 0.2) is 12.1 Å². The fourth-order valence-electron chi connectivity index (χ4n) is 2.12. The quantitative estimate of drug-likeness (QED) is 0.765. The molecule has 0 fully saturated rings. The number of rotatable bonds is 2. The Labute approximate surface area is 83.6 Å². The molecule has 0 spiro atoms. The summed E-state index contributed by atoms with van der Waals surface area (Å²) in [6.07, 6.45) is 3.14. The molecule has 0 saturated heterocycles. The number of fused-ring (bicyclic) bond motifs is 1. The molecule has 2 rings (SSSR count). The molecule has 1 N–H and O–H groups in total. The third-order valence-corrected chi connectivity index (χ3v) is 2.78. The summed E-state index contributed by atoms with van der Waals surface area (Å²) in [5.74, 6) is -0.161. The third-order valence-electron chi connectivity index (χ3n) is 2.78. The van der Waals surface area contributed by atoms with Gasteiger partial charge in [0.2, 0.25) is 0 Å². The van der Waals surface area contributed by atoms with Crippen LogP contribution in [-0.4, -0.2) is 11.2 Å². The number of aliphatic hydroxyl groups is 1. The summed E-state index contributed by atoms with van der Waals surface area (Å²) in [7, 11) is 0. The maximum absolute atomic E-state index is 13.5. The number of aryl methyl sites for hydroxylation is 2. The lowest BCUT2D eigenvalue weighted by atomic mass is 10.0. The number of aliphatic hydroxyl groups excluding tert-OH is 1. The van der Waals surface area contributed by atoms with Gasteiger partial charge in [0.1, 0.15) is 5.82 Å². The molecule has 1 atom stereocenters. The van der Waals surface area contributed by atoms with Gasteiger partial charge in [-0.1, -0.05) is 6.07 Å². The topological polar surface area (TPSA) is 20.2 Å². The first-order valence-electron chi connectivity index (χ1n) is 5.15. The highest BCUT2D eigenvalue weighted by Crippen LogP contribution is 2.25. The van der Waals surface area contributed by atoms with Crippen molar-refractivity contribution in [1.82, 2.24) is 0 Å². The second-order valence-electron chi connectivity index (χ2n) is 4.12. The molecule has 0 radical (unpaired) electrons. The van der Waals surface area contributed by atoms with Crippen molar-refractivity contribution in [2.24, 2.45) is 0 Å². The van der Waals surface area contributed by atoms with Gasteiger partial charge in [0.05, 0.1) is 6.10 Å². The van der Waals surface area contributed by atoms with Crippen LogP contribution < -0.4 is 0 Å². The van der Waals surface area contributed by atoms with E-state index < -0.39 is 6.10 Å². The van der Waals surface area contributed by atoms with Gasteiger partial charge < -0.3 is 5.11 Å². The molecular formula is C12H15FO. The zero-order valence-corrected chi connectivity index (χ0v) is 8.39. The van der Waals surface area contributed by atoms with Crippen LogP contribution in [0.2, 0.25) is 0 Å². The second kappa shape index (κ2) is 3.70. The summed E-state index contributed by atoms with van der Waals surface area (Å²) < 4.78 is 13.5. The van der Waals surface area contributed by atoms with Crippen LogP contribution in [0.1, 0.15) is 30.0 Å². The van der Waals surface area contributed by atoms with Crippen LogP contribution >= 0.6 is 0 Å². The van der Waals surface area contributed by atoms with E-state index in [0.29, 0.717) is 12.0 Å². The van der Waals surface area contributed by atoms with Crippen molar-refractivity contribution >= 4 is 0 Å². The molecule has 1 aromatic rings. The van der Waals surface area contributed by atoms with E-state index in [1.165, 1.54) is 5.56 Å². The van der Waals surface area contributed by atoms with Gasteiger partial charge in [0.25, 0.3) is 0 Å². The molecule has 1 aromatic carbocycles.